The summed E-state index contributed by atoms with van der Waals surface area (Å²) >= 11 is 0. The van der Waals surface area contributed by atoms with E-state index in [1.165, 1.54) is 12.1 Å². The first-order valence-corrected chi connectivity index (χ1v) is 5.48. The van der Waals surface area contributed by atoms with E-state index >= 15 is 0 Å². The summed E-state index contributed by atoms with van der Waals surface area (Å²) in [5.74, 6) is 0.195. The lowest BCUT2D eigenvalue weighted by molar-refractivity contribution is -0.384. The van der Waals surface area contributed by atoms with Crippen LogP contribution >= 0.6 is 0 Å². The molecule has 0 radical (unpaired) electrons. The van der Waals surface area contributed by atoms with Crippen molar-refractivity contribution in [3.63, 3.8) is 0 Å². The number of non-ortho nitro benzene ring substituents is 1. The van der Waals surface area contributed by atoms with Gasteiger partial charge in [0.15, 0.2) is 0 Å². The van der Waals surface area contributed by atoms with Gasteiger partial charge in [0.05, 0.1) is 16.8 Å². The quantitative estimate of drug-likeness (QED) is 0.500. The average molecular weight is 257 g/mol. The van der Waals surface area contributed by atoms with Gasteiger partial charge >= 0.3 is 0 Å². The Hall–Kier alpha value is -2.89. The lowest BCUT2D eigenvalue weighted by atomic mass is 10.2. The smallest absolute Gasteiger partial charge is 0.269 e. The first kappa shape index (κ1) is 12.6. The molecule has 0 aliphatic heterocycles. The van der Waals surface area contributed by atoms with Crippen molar-refractivity contribution in [1.29, 1.82) is 0 Å². The van der Waals surface area contributed by atoms with E-state index < -0.39 is 4.92 Å². The number of anilines is 1. The van der Waals surface area contributed by atoms with Gasteiger partial charge in [0.2, 0.25) is 0 Å². The highest BCUT2D eigenvalue weighted by atomic mass is 16.6. The Morgan fingerprint density at radius 3 is 2.32 bits per heavy atom. The number of aromatic hydroxyl groups is 1. The number of nitro groups is 1. The molecule has 6 heteroatoms. The number of nitrogens with zero attached hydrogens (tertiary/aromatic N) is 2. The van der Waals surface area contributed by atoms with Crippen LogP contribution in [0, 0.1) is 10.1 Å². The second-order valence-corrected chi connectivity index (χ2v) is 3.77. The van der Waals surface area contributed by atoms with Crippen LogP contribution in [0.3, 0.4) is 0 Å². The first-order valence-electron chi connectivity index (χ1n) is 5.48. The molecule has 2 aromatic carbocycles. The molecule has 0 amide bonds. The fourth-order valence-corrected chi connectivity index (χ4v) is 1.40. The zero-order valence-corrected chi connectivity index (χ0v) is 9.85. The summed E-state index contributed by atoms with van der Waals surface area (Å²) in [7, 11) is 0. The summed E-state index contributed by atoms with van der Waals surface area (Å²) in [5.41, 5.74) is 4.27. The molecule has 0 aromatic heterocycles. The van der Waals surface area contributed by atoms with Gasteiger partial charge in [-0.15, -0.1) is 0 Å². The summed E-state index contributed by atoms with van der Waals surface area (Å²) in [5, 5.41) is 23.6. The molecule has 2 N–H and O–H groups in total. The summed E-state index contributed by atoms with van der Waals surface area (Å²) in [6.07, 6.45) is 1.58. The van der Waals surface area contributed by atoms with Crippen molar-refractivity contribution in [1.82, 2.24) is 0 Å². The van der Waals surface area contributed by atoms with Gasteiger partial charge in [0.1, 0.15) is 5.75 Å². The molecular weight excluding hydrogens is 246 g/mol. The molecule has 2 aromatic rings. The van der Waals surface area contributed by atoms with Gasteiger partial charge in [-0.05, 0) is 42.0 Å². The van der Waals surface area contributed by atoms with Crippen LogP contribution in [0.5, 0.6) is 5.75 Å². The van der Waals surface area contributed by atoms with Crippen molar-refractivity contribution in [3.8, 4) is 5.75 Å². The minimum Gasteiger partial charge on any atom is -0.508 e. The third-order valence-electron chi connectivity index (χ3n) is 2.38. The van der Waals surface area contributed by atoms with Crippen molar-refractivity contribution in [3.05, 3.63) is 64.2 Å². The molecule has 0 heterocycles. The molecule has 0 unspecified atom stereocenters. The molecule has 0 fully saturated rings. The normalized spacial score (nSPS) is 10.5. The Balaban J connectivity index is 1.98. The highest BCUT2D eigenvalue weighted by Crippen LogP contribution is 2.15. The molecule has 0 aliphatic carbocycles. The van der Waals surface area contributed by atoms with Crippen LogP contribution in [0.25, 0.3) is 0 Å². The zero-order valence-electron chi connectivity index (χ0n) is 9.85. The lowest BCUT2D eigenvalue weighted by Gasteiger charge is -1.99. The predicted molar refractivity (Wildman–Crippen MR) is 72.4 cm³/mol. The number of hydrogen-bond acceptors (Lipinski definition) is 5. The second-order valence-electron chi connectivity index (χ2n) is 3.77. The summed E-state index contributed by atoms with van der Waals surface area (Å²) in [6.45, 7) is 0. The van der Waals surface area contributed by atoms with E-state index in [1.54, 1.807) is 42.6 Å². The molecule has 96 valence electrons. The maximum absolute atomic E-state index is 10.5. The van der Waals surface area contributed by atoms with E-state index in [-0.39, 0.29) is 11.4 Å². The van der Waals surface area contributed by atoms with E-state index in [4.69, 9.17) is 5.11 Å². The van der Waals surface area contributed by atoms with Crippen molar-refractivity contribution < 1.29 is 10.0 Å². The van der Waals surface area contributed by atoms with Gasteiger partial charge in [0.25, 0.3) is 5.69 Å². The van der Waals surface area contributed by atoms with Crippen LogP contribution < -0.4 is 5.43 Å². The molecule has 0 saturated heterocycles. The Kier molecular flexibility index (Phi) is 3.72. The van der Waals surface area contributed by atoms with Gasteiger partial charge < -0.3 is 5.11 Å². The Morgan fingerprint density at radius 2 is 1.74 bits per heavy atom. The van der Waals surface area contributed by atoms with Gasteiger partial charge in [-0.2, -0.15) is 5.10 Å². The summed E-state index contributed by atoms with van der Waals surface area (Å²) in [4.78, 5) is 10.0. The standard InChI is InChI=1S/C13H11N3O3/c17-13-7-1-10(2-8-13)9-14-15-11-3-5-12(6-4-11)16(18)19/h1-9,15,17H/b14-9-. The van der Waals surface area contributed by atoms with Crippen LogP contribution in [-0.4, -0.2) is 16.2 Å². The number of benzene rings is 2. The SMILES string of the molecule is O=[N+]([O-])c1ccc(N/N=C\c2ccc(O)cc2)cc1. The van der Waals surface area contributed by atoms with Crippen LogP contribution in [-0.2, 0) is 0 Å². The number of nitrogens with one attached hydrogen (secondary N) is 1. The van der Waals surface area contributed by atoms with E-state index in [9.17, 15) is 10.1 Å². The fraction of sp³-hybridized carbons (Fsp3) is 0. The highest BCUT2D eigenvalue weighted by Gasteiger charge is 2.02. The zero-order chi connectivity index (χ0) is 13.7. The van der Waals surface area contributed by atoms with Gasteiger partial charge in [0, 0.05) is 12.1 Å². The van der Waals surface area contributed by atoms with Crippen LogP contribution in [0.1, 0.15) is 5.56 Å². The average Bonchev–Trinajstić information content (AvgIpc) is 2.41. The molecule has 6 nitrogen and oxygen atoms in total. The maximum Gasteiger partial charge on any atom is 0.269 e. The van der Waals surface area contributed by atoms with Gasteiger partial charge in [-0.3, -0.25) is 15.5 Å². The minimum absolute atomic E-state index is 0.0352. The summed E-state index contributed by atoms with van der Waals surface area (Å²) < 4.78 is 0. The highest BCUT2D eigenvalue weighted by molar-refractivity contribution is 5.80. The minimum atomic E-state index is -0.455. The molecular formula is C13H11N3O3. The summed E-state index contributed by atoms with van der Waals surface area (Å²) in [6, 6.07) is 12.5. The van der Waals surface area contributed by atoms with Gasteiger partial charge in [-0.25, -0.2) is 0 Å². The Labute approximate surface area is 109 Å². The second kappa shape index (κ2) is 5.63. The Bertz CT molecular complexity index is 592. The number of phenols is 1. The monoisotopic (exact) mass is 257 g/mol. The van der Waals surface area contributed by atoms with Crippen LogP contribution in [0.15, 0.2) is 53.6 Å². The maximum atomic E-state index is 10.5. The molecule has 0 saturated carbocycles. The van der Waals surface area contributed by atoms with Crippen molar-refractivity contribution in [2.75, 3.05) is 5.43 Å². The van der Waals surface area contributed by atoms with Crippen molar-refractivity contribution in [2.45, 2.75) is 0 Å². The number of hydrazone groups is 1. The topological polar surface area (TPSA) is 87.8 Å². The van der Waals surface area contributed by atoms with Crippen molar-refractivity contribution >= 4 is 17.6 Å². The molecule has 0 bridgehead atoms. The largest absolute Gasteiger partial charge is 0.508 e. The van der Waals surface area contributed by atoms with E-state index in [1.807, 2.05) is 0 Å². The molecule has 19 heavy (non-hydrogen) atoms. The van der Waals surface area contributed by atoms with Crippen LogP contribution in [0.4, 0.5) is 11.4 Å². The fourth-order valence-electron chi connectivity index (χ4n) is 1.40. The van der Waals surface area contributed by atoms with E-state index in [2.05, 4.69) is 10.5 Å². The van der Waals surface area contributed by atoms with Crippen molar-refractivity contribution in [2.24, 2.45) is 5.10 Å². The van der Waals surface area contributed by atoms with E-state index in [0.29, 0.717) is 5.69 Å². The number of nitro benzene ring substituents is 1. The van der Waals surface area contributed by atoms with Gasteiger partial charge in [-0.1, -0.05) is 0 Å². The third-order valence-corrected chi connectivity index (χ3v) is 2.38. The molecule has 0 aliphatic rings. The molecule has 0 spiro atoms. The lowest BCUT2D eigenvalue weighted by Crippen LogP contribution is -1.92. The first-order chi connectivity index (χ1) is 9.15. The Morgan fingerprint density at radius 1 is 1.11 bits per heavy atom. The predicted octanol–water partition coefficient (Wildman–Crippen LogP) is 2.75. The van der Waals surface area contributed by atoms with Crippen LogP contribution in [0.2, 0.25) is 0 Å². The third kappa shape index (κ3) is 3.53. The molecule has 2 rings (SSSR count). The number of phenolic OH excluding ortho intramolecular Hbond substituents is 1. The number of rotatable bonds is 4. The molecule has 0 atom stereocenters. The number of hydrogen-bond donors (Lipinski definition) is 2. The van der Waals surface area contributed by atoms with E-state index in [0.717, 1.165) is 5.56 Å².